The van der Waals surface area contributed by atoms with Crippen LogP contribution < -0.4 is 15.5 Å². The van der Waals surface area contributed by atoms with E-state index < -0.39 is 0 Å². The topological polar surface area (TPSA) is 99.8 Å². The van der Waals surface area contributed by atoms with Gasteiger partial charge >= 0.3 is 0 Å². The molecule has 0 saturated carbocycles. The summed E-state index contributed by atoms with van der Waals surface area (Å²) < 4.78 is 9.39. The van der Waals surface area contributed by atoms with Gasteiger partial charge in [0.1, 0.15) is 17.5 Å². The Morgan fingerprint density at radius 3 is 2.65 bits per heavy atom. The highest BCUT2D eigenvalue weighted by Gasteiger charge is 2.17. The minimum absolute atomic E-state index is 0.103. The zero-order valence-corrected chi connectivity index (χ0v) is 19.3. The van der Waals surface area contributed by atoms with Crippen LogP contribution in [0.4, 0.5) is 0 Å². The molecule has 1 N–H and O–H groups in total. The number of aromatic nitrogens is 6. The van der Waals surface area contributed by atoms with Crippen LogP contribution in [0.3, 0.4) is 0 Å². The van der Waals surface area contributed by atoms with Crippen molar-refractivity contribution >= 4 is 0 Å². The highest BCUT2D eigenvalue weighted by molar-refractivity contribution is 5.57. The molecule has 5 rings (SSSR count). The molecule has 1 saturated heterocycles. The molecule has 9 nitrogen and oxygen atoms in total. The van der Waals surface area contributed by atoms with E-state index in [0.29, 0.717) is 17.3 Å². The Balaban J connectivity index is 1.37. The van der Waals surface area contributed by atoms with E-state index in [1.165, 1.54) is 0 Å². The molecular formula is C25H27N7O2. The van der Waals surface area contributed by atoms with Gasteiger partial charge in [-0.2, -0.15) is 10.2 Å². The van der Waals surface area contributed by atoms with Gasteiger partial charge in [-0.05, 0) is 37.6 Å². The summed E-state index contributed by atoms with van der Waals surface area (Å²) in [6.07, 6.45) is 10.8. The summed E-state index contributed by atoms with van der Waals surface area (Å²) >= 11 is 0. The summed E-state index contributed by atoms with van der Waals surface area (Å²) in [5.41, 5.74) is 3.00. The first-order valence-corrected chi connectivity index (χ1v) is 11.5. The van der Waals surface area contributed by atoms with E-state index in [-0.39, 0.29) is 17.5 Å². The van der Waals surface area contributed by atoms with E-state index in [2.05, 4.69) is 25.5 Å². The second-order valence-electron chi connectivity index (χ2n) is 8.54. The highest BCUT2D eigenvalue weighted by atomic mass is 16.5. The second-order valence-corrected chi connectivity index (χ2v) is 8.54. The quantitative estimate of drug-likeness (QED) is 0.475. The average Bonchev–Trinajstić information content (AvgIpc) is 3.31. The molecule has 1 aromatic carbocycles. The molecule has 0 amide bonds. The first kappa shape index (κ1) is 22.0. The van der Waals surface area contributed by atoms with Gasteiger partial charge in [-0.1, -0.05) is 25.1 Å². The van der Waals surface area contributed by atoms with Crippen LogP contribution in [0.15, 0.2) is 66.1 Å². The van der Waals surface area contributed by atoms with Crippen molar-refractivity contribution < 1.29 is 4.74 Å². The molecule has 4 aromatic rings. The van der Waals surface area contributed by atoms with E-state index >= 15 is 0 Å². The van der Waals surface area contributed by atoms with Crippen molar-refractivity contribution in [2.75, 3.05) is 13.1 Å². The average molecular weight is 458 g/mol. The highest BCUT2D eigenvalue weighted by Crippen LogP contribution is 2.25. The van der Waals surface area contributed by atoms with Gasteiger partial charge in [-0.25, -0.2) is 14.6 Å². The first-order chi connectivity index (χ1) is 16.6. The monoisotopic (exact) mass is 457 g/mol. The third kappa shape index (κ3) is 4.74. The Kier molecular flexibility index (Phi) is 6.18. The summed E-state index contributed by atoms with van der Waals surface area (Å²) in [6.45, 7) is 3.92. The lowest BCUT2D eigenvalue weighted by Crippen LogP contribution is -2.34. The van der Waals surface area contributed by atoms with Gasteiger partial charge in [0, 0.05) is 30.8 Å². The fourth-order valence-electron chi connectivity index (χ4n) is 4.13. The fourth-order valence-corrected chi connectivity index (χ4v) is 4.13. The zero-order valence-electron chi connectivity index (χ0n) is 19.3. The Morgan fingerprint density at radius 1 is 1.12 bits per heavy atom. The lowest BCUT2D eigenvalue weighted by molar-refractivity contribution is 0.161. The predicted molar refractivity (Wildman–Crippen MR) is 128 cm³/mol. The standard InChI is InChI=1S/C25H27N7O2/c1-17(24-23(33)8-11-32(30-24)20-13-29-31(2)16-20)18-4-3-5-19(12-18)25-27-14-22(15-28-25)34-21-6-9-26-10-7-21/h3-5,8,11-17,21,26H,6-7,9-10H2,1-2H3. The maximum absolute atomic E-state index is 12.6. The van der Waals surface area contributed by atoms with E-state index in [1.54, 1.807) is 40.2 Å². The third-order valence-electron chi connectivity index (χ3n) is 6.06. The molecule has 0 bridgehead atoms. The molecule has 1 fully saturated rings. The van der Waals surface area contributed by atoms with E-state index in [9.17, 15) is 4.79 Å². The van der Waals surface area contributed by atoms with E-state index in [4.69, 9.17) is 4.74 Å². The zero-order chi connectivity index (χ0) is 23.5. The Bertz CT molecular complexity index is 1320. The normalized spacial score (nSPS) is 15.2. The van der Waals surface area contributed by atoms with Gasteiger partial charge in [-0.3, -0.25) is 9.48 Å². The summed E-state index contributed by atoms with van der Waals surface area (Å²) in [5, 5.41) is 12.1. The van der Waals surface area contributed by atoms with Crippen LogP contribution in [0.1, 0.15) is 36.9 Å². The van der Waals surface area contributed by atoms with E-state index in [0.717, 1.165) is 42.7 Å². The summed E-state index contributed by atoms with van der Waals surface area (Å²) in [7, 11) is 1.84. The van der Waals surface area contributed by atoms with Gasteiger partial charge in [0.15, 0.2) is 11.6 Å². The Hall–Kier alpha value is -3.85. The molecule has 0 aliphatic carbocycles. The van der Waals surface area contributed by atoms with Crippen LogP contribution in [-0.4, -0.2) is 48.7 Å². The smallest absolute Gasteiger partial charge is 0.203 e. The summed E-state index contributed by atoms with van der Waals surface area (Å²) in [6, 6.07) is 9.46. The number of piperidine rings is 1. The van der Waals surface area contributed by atoms with Crippen molar-refractivity contribution in [2.45, 2.75) is 31.8 Å². The van der Waals surface area contributed by atoms with Crippen molar-refractivity contribution in [3.05, 3.63) is 82.8 Å². The van der Waals surface area contributed by atoms with Crippen molar-refractivity contribution in [1.29, 1.82) is 0 Å². The largest absolute Gasteiger partial charge is 0.487 e. The number of aryl methyl sites for hydroxylation is 1. The Labute approximate surface area is 197 Å². The van der Waals surface area contributed by atoms with Crippen molar-refractivity contribution in [1.82, 2.24) is 34.8 Å². The molecule has 34 heavy (non-hydrogen) atoms. The minimum atomic E-state index is -0.209. The molecule has 0 radical (unpaired) electrons. The second kappa shape index (κ2) is 9.56. The fraction of sp³-hybridized carbons (Fsp3) is 0.320. The number of hydrogen-bond donors (Lipinski definition) is 1. The van der Waals surface area contributed by atoms with Crippen LogP contribution in [0.2, 0.25) is 0 Å². The van der Waals surface area contributed by atoms with Crippen molar-refractivity contribution in [3.8, 4) is 22.8 Å². The van der Waals surface area contributed by atoms with Gasteiger partial charge in [0.25, 0.3) is 0 Å². The Morgan fingerprint density at radius 2 is 1.91 bits per heavy atom. The minimum Gasteiger partial charge on any atom is -0.487 e. The molecule has 1 aliphatic heterocycles. The van der Waals surface area contributed by atoms with Gasteiger partial charge in [0.2, 0.25) is 5.43 Å². The number of ether oxygens (including phenoxy) is 1. The molecule has 1 atom stereocenters. The predicted octanol–water partition coefficient (Wildman–Crippen LogP) is 2.71. The van der Waals surface area contributed by atoms with Crippen molar-refractivity contribution in [3.63, 3.8) is 0 Å². The number of benzene rings is 1. The molecule has 3 aromatic heterocycles. The number of nitrogens with zero attached hydrogens (tertiary/aromatic N) is 6. The van der Waals surface area contributed by atoms with Crippen LogP contribution in [0.5, 0.6) is 5.75 Å². The lowest BCUT2D eigenvalue weighted by Gasteiger charge is -2.23. The SMILES string of the molecule is CC(c1cccc(-c2ncc(OC3CCNCC3)cn2)c1)c1nn(-c2cnn(C)c2)ccc1=O. The van der Waals surface area contributed by atoms with Gasteiger partial charge in [-0.15, -0.1) is 0 Å². The molecule has 1 unspecified atom stereocenters. The molecule has 1 aliphatic rings. The van der Waals surface area contributed by atoms with Crippen LogP contribution >= 0.6 is 0 Å². The van der Waals surface area contributed by atoms with Gasteiger partial charge in [0.05, 0.1) is 24.8 Å². The number of hydrogen-bond acceptors (Lipinski definition) is 7. The summed E-state index contributed by atoms with van der Waals surface area (Å²) in [5.74, 6) is 1.09. The van der Waals surface area contributed by atoms with Gasteiger partial charge < -0.3 is 10.1 Å². The maximum Gasteiger partial charge on any atom is 0.203 e. The summed E-state index contributed by atoms with van der Waals surface area (Å²) in [4.78, 5) is 21.7. The third-order valence-corrected chi connectivity index (χ3v) is 6.06. The van der Waals surface area contributed by atoms with Crippen molar-refractivity contribution in [2.24, 2.45) is 7.05 Å². The molecule has 9 heteroatoms. The van der Waals surface area contributed by atoms with Crippen LogP contribution in [-0.2, 0) is 7.05 Å². The van der Waals surface area contributed by atoms with Crippen LogP contribution in [0, 0.1) is 0 Å². The molecular weight excluding hydrogens is 430 g/mol. The van der Waals surface area contributed by atoms with Crippen LogP contribution in [0.25, 0.3) is 17.1 Å². The molecule has 4 heterocycles. The number of nitrogens with one attached hydrogen (secondary N) is 1. The maximum atomic E-state index is 12.6. The molecule has 174 valence electrons. The van der Waals surface area contributed by atoms with E-state index in [1.807, 2.05) is 44.4 Å². The molecule has 0 spiro atoms. The lowest BCUT2D eigenvalue weighted by atomic mass is 9.95. The first-order valence-electron chi connectivity index (χ1n) is 11.5. The number of rotatable bonds is 6.